The molecule has 2 rings (SSSR count). The van der Waals surface area contributed by atoms with E-state index in [0.29, 0.717) is 0 Å². The van der Waals surface area contributed by atoms with Crippen molar-refractivity contribution >= 4 is 11.4 Å². The molecule has 0 bridgehead atoms. The van der Waals surface area contributed by atoms with Crippen LogP contribution in [0.15, 0.2) is 18.2 Å². The van der Waals surface area contributed by atoms with Crippen LogP contribution in [0.4, 0.5) is 20.2 Å². The first-order valence-electron chi connectivity index (χ1n) is 5.05. The van der Waals surface area contributed by atoms with Crippen LogP contribution in [-0.4, -0.2) is 15.2 Å². The molecule has 1 heterocycles. The zero-order chi connectivity index (χ0) is 13.3. The minimum absolute atomic E-state index is 0.0285. The summed E-state index contributed by atoms with van der Waals surface area (Å²) in [6.45, 7) is -0.0528. The molecule has 0 aliphatic carbocycles. The predicted molar refractivity (Wildman–Crippen MR) is 62.2 cm³/mol. The fraction of sp³-hybridized carbons (Fsp3) is 0.0909. The zero-order valence-corrected chi connectivity index (χ0v) is 9.17. The van der Waals surface area contributed by atoms with Crippen molar-refractivity contribution in [1.82, 2.24) is 4.98 Å². The summed E-state index contributed by atoms with van der Waals surface area (Å²) in [5.74, 6) is -2.05. The van der Waals surface area contributed by atoms with Crippen LogP contribution in [0.5, 0.6) is 11.8 Å². The number of aromatic amines is 1. The highest BCUT2D eigenvalue weighted by Crippen LogP contribution is 2.28. The number of hydrogen-bond acceptors (Lipinski definition) is 4. The van der Waals surface area contributed by atoms with E-state index >= 15 is 0 Å². The van der Waals surface area contributed by atoms with Crippen molar-refractivity contribution in [2.45, 2.75) is 6.54 Å². The Kier molecular flexibility index (Phi) is 2.97. The van der Waals surface area contributed by atoms with E-state index in [1.165, 1.54) is 6.07 Å². The fourth-order valence-electron chi connectivity index (χ4n) is 1.56. The van der Waals surface area contributed by atoms with Crippen molar-refractivity contribution in [1.29, 1.82) is 0 Å². The van der Waals surface area contributed by atoms with Gasteiger partial charge in [-0.3, -0.25) is 4.98 Å². The Balaban J connectivity index is 2.18. The maximum absolute atomic E-state index is 13.4. The Morgan fingerprint density at radius 3 is 2.50 bits per heavy atom. The number of aromatic hydroxyl groups is 2. The average molecular weight is 255 g/mol. The van der Waals surface area contributed by atoms with Gasteiger partial charge in [0, 0.05) is 29.9 Å². The molecule has 0 atom stereocenters. The largest absolute Gasteiger partial charge is 0.494 e. The first kappa shape index (κ1) is 12.0. The number of hydrogen-bond donors (Lipinski definition) is 5. The highest BCUT2D eigenvalue weighted by atomic mass is 19.1. The third kappa shape index (κ3) is 2.29. The second-order valence-electron chi connectivity index (χ2n) is 3.73. The van der Waals surface area contributed by atoms with Crippen molar-refractivity contribution in [2.24, 2.45) is 0 Å². The van der Waals surface area contributed by atoms with Crippen LogP contribution < -0.4 is 11.1 Å². The summed E-state index contributed by atoms with van der Waals surface area (Å²) in [5, 5.41) is 21.1. The second-order valence-corrected chi connectivity index (χ2v) is 3.73. The van der Waals surface area contributed by atoms with Crippen molar-refractivity contribution in [2.75, 3.05) is 11.1 Å². The van der Waals surface area contributed by atoms with Crippen LogP contribution in [0, 0.1) is 11.6 Å². The van der Waals surface area contributed by atoms with E-state index in [1.807, 2.05) is 0 Å². The summed E-state index contributed by atoms with van der Waals surface area (Å²) in [4.78, 5) is 2.25. The number of H-pyrrole nitrogens is 1. The molecule has 2 aromatic rings. The molecule has 6 N–H and O–H groups in total. The SMILES string of the molecule is Nc1cc(F)cc(F)c1CNc1cc(O)[nH]c1O. The Bertz CT molecular complexity index is 561. The maximum atomic E-state index is 13.4. The highest BCUT2D eigenvalue weighted by Gasteiger charge is 2.11. The van der Waals surface area contributed by atoms with Gasteiger partial charge in [0.2, 0.25) is 5.88 Å². The predicted octanol–water partition coefficient (Wildman–Crippen LogP) is 1.90. The zero-order valence-electron chi connectivity index (χ0n) is 9.17. The quantitative estimate of drug-likeness (QED) is 0.541. The van der Waals surface area contributed by atoms with E-state index in [-0.39, 0.29) is 35.2 Å². The summed E-state index contributed by atoms with van der Waals surface area (Å²) in [5.41, 5.74) is 5.73. The first-order chi connectivity index (χ1) is 8.47. The van der Waals surface area contributed by atoms with E-state index < -0.39 is 11.6 Å². The molecule has 0 saturated carbocycles. The van der Waals surface area contributed by atoms with Gasteiger partial charge in [-0.25, -0.2) is 8.78 Å². The molecule has 0 aliphatic heterocycles. The summed E-state index contributed by atoms with van der Waals surface area (Å²) in [7, 11) is 0. The van der Waals surface area contributed by atoms with Gasteiger partial charge in [-0.05, 0) is 6.07 Å². The number of anilines is 2. The highest BCUT2D eigenvalue weighted by molar-refractivity contribution is 5.57. The molecule has 0 aliphatic rings. The minimum Gasteiger partial charge on any atom is -0.494 e. The van der Waals surface area contributed by atoms with Crippen LogP contribution >= 0.6 is 0 Å². The van der Waals surface area contributed by atoms with Crippen molar-refractivity contribution in [3.8, 4) is 11.8 Å². The molecule has 1 aromatic heterocycles. The van der Waals surface area contributed by atoms with E-state index in [4.69, 9.17) is 10.8 Å². The van der Waals surface area contributed by atoms with Crippen LogP contribution in [0.1, 0.15) is 5.56 Å². The second kappa shape index (κ2) is 4.44. The molecule has 0 radical (unpaired) electrons. The molecule has 0 fully saturated rings. The van der Waals surface area contributed by atoms with Crippen LogP contribution in [0.3, 0.4) is 0 Å². The molecular formula is C11H11F2N3O2. The number of rotatable bonds is 3. The Morgan fingerprint density at radius 2 is 1.94 bits per heavy atom. The van der Waals surface area contributed by atoms with Gasteiger partial charge in [0.05, 0.1) is 0 Å². The van der Waals surface area contributed by atoms with Crippen LogP contribution in [-0.2, 0) is 6.54 Å². The van der Waals surface area contributed by atoms with Gasteiger partial charge in [-0.15, -0.1) is 0 Å². The molecular weight excluding hydrogens is 244 g/mol. The number of nitrogens with two attached hydrogens (primary N) is 1. The summed E-state index contributed by atoms with van der Waals surface area (Å²) in [6.07, 6.45) is 0. The number of benzene rings is 1. The Morgan fingerprint density at radius 1 is 1.22 bits per heavy atom. The maximum Gasteiger partial charge on any atom is 0.215 e. The first-order valence-corrected chi connectivity index (χ1v) is 5.05. The number of nitrogens with one attached hydrogen (secondary N) is 2. The molecule has 0 unspecified atom stereocenters. The molecule has 96 valence electrons. The number of aromatic nitrogens is 1. The van der Waals surface area contributed by atoms with Gasteiger partial charge >= 0.3 is 0 Å². The molecule has 0 saturated heterocycles. The Hall–Kier alpha value is -2.44. The van der Waals surface area contributed by atoms with Crippen molar-refractivity contribution in [3.05, 3.63) is 35.4 Å². The van der Waals surface area contributed by atoms with E-state index in [1.54, 1.807) is 0 Å². The molecule has 18 heavy (non-hydrogen) atoms. The lowest BCUT2D eigenvalue weighted by molar-refractivity contribution is 0.426. The van der Waals surface area contributed by atoms with Gasteiger partial charge in [-0.2, -0.15) is 0 Å². The molecule has 1 aromatic carbocycles. The molecule has 0 spiro atoms. The Labute approximate surface area is 101 Å². The van der Waals surface area contributed by atoms with Gasteiger partial charge in [0.15, 0.2) is 5.88 Å². The van der Waals surface area contributed by atoms with Crippen molar-refractivity contribution < 1.29 is 19.0 Å². The fourth-order valence-corrected chi connectivity index (χ4v) is 1.56. The normalized spacial score (nSPS) is 10.6. The van der Waals surface area contributed by atoms with Crippen LogP contribution in [0.2, 0.25) is 0 Å². The summed E-state index contributed by atoms with van der Waals surface area (Å²) < 4.78 is 26.3. The lowest BCUT2D eigenvalue weighted by Gasteiger charge is -2.09. The lowest BCUT2D eigenvalue weighted by atomic mass is 10.1. The standard InChI is InChI=1S/C11H11F2N3O2/c12-5-1-7(13)6(8(14)2-5)4-15-9-3-10(17)16-11(9)18/h1-3,15-18H,4,14H2. The van der Waals surface area contributed by atoms with Gasteiger partial charge in [0.25, 0.3) is 0 Å². The topological polar surface area (TPSA) is 94.3 Å². The monoisotopic (exact) mass is 255 g/mol. The minimum atomic E-state index is -0.778. The van der Waals surface area contributed by atoms with Gasteiger partial charge in [0.1, 0.15) is 17.3 Å². The molecule has 5 nitrogen and oxygen atoms in total. The smallest absolute Gasteiger partial charge is 0.215 e. The van der Waals surface area contributed by atoms with Gasteiger partial charge in [-0.1, -0.05) is 0 Å². The molecule has 7 heteroatoms. The number of nitrogen functional groups attached to an aromatic ring is 1. The third-order valence-electron chi connectivity index (χ3n) is 2.43. The number of halogens is 2. The van der Waals surface area contributed by atoms with Crippen molar-refractivity contribution in [3.63, 3.8) is 0 Å². The lowest BCUT2D eigenvalue weighted by Crippen LogP contribution is -2.06. The van der Waals surface area contributed by atoms with E-state index in [9.17, 15) is 13.9 Å². The average Bonchev–Trinajstić information content (AvgIpc) is 2.55. The summed E-state index contributed by atoms with van der Waals surface area (Å²) in [6, 6.07) is 2.96. The third-order valence-corrected chi connectivity index (χ3v) is 2.43. The van der Waals surface area contributed by atoms with Crippen LogP contribution in [0.25, 0.3) is 0 Å². The molecule has 0 amide bonds. The van der Waals surface area contributed by atoms with E-state index in [0.717, 1.165) is 12.1 Å². The van der Waals surface area contributed by atoms with E-state index in [2.05, 4.69) is 10.3 Å². The summed E-state index contributed by atoms with van der Waals surface area (Å²) >= 11 is 0. The van der Waals surface area contributed by atoms with Gasteiger partial charge < -0.3 is 21.3 Å².